The number of carbonyl (C=O) groups is 1. The van der Waals surface area contributed by atoms with E-state index in [0.29, 0.717) is 12.1 Å². The third kappa shape index (κ3) is 3.92. The third-order valence-corrected chi connectivity index (χ3v) is 5.14. The molecule has 1 aromatic carbocycles. The van der Waals surface area contributed by atoms with Crippen LogP contribution >= 0.6 is 0 Å². The number of carbonyl (C=O) groups excluding carboxylic acids is 1. The number of benzene rings is 1. The molecule has 2 aromatic rings. The van der Waals surface area contributed by atoms with Gasteiger partial charge in [0.2, 0.25) is 5.56 Å². The van der Waals surface area contributed by atoms with Gasteiger partial charge < -0.3 is 15.0 Å². The fraction of sp³-hybridized carbons (Fsp3) is 0.400. The van der Waals surface area contributed by atoms with Gasteiger partial charge in [0.05, 0.1) is 7.11 Å². The molecule has 1 aliphatic rings. The SMILES string of the molecule is COc1ccc(C2(CNC(=O)c3cc[nH]c(=O)c3)CCCCC2)cc1. The number of amides is 1. The lowest BCUT2D eigenvalue weighted by atomic mass is 9.69. The lowest BCUT2D eigenvalue weighted by molar-refractivity contribution is 0.0936. The van der Waals surface area contributed by atoms with Gasteiger partial charge in [0, 0.05) is 29.8 Å². The first-order chi connectivity index (χ1) is 12.1. The Bertz CT molecular complexity index is 774. The summed E-state index contributed by atoms with van der Waals surface area (Å²) < 4.78 is 5.25. The highest BCUT2D eigenvalue weighted by Gasteiger charge is 2.34. The van der Waals surface area contributed by atoms with E-state index in [9.17, 15) is 9.59 Å². The molecule has 3 rings (SSSR count). The molecule has 0 radical (unpaired) electrons. The number of H-pyrrole nitrogens is 1. The van der Waals surface area contributed by atoms with Gasteiger partial charge in [0.15, 0.2) is 0 Å². The van der Waals surface area contributed by atoms with Gasteiger partial charge in [0.25, 0.3) is 5.91 Å². The molecule has 0 saturated heterocycles. The number of pyridine rings is 1. The molecule has 0 spiro atoms. The number of aromatic amines is 1. The fourth-order valence-electron chi connectivity index (χ4n) is 3.68. The van der Waals surface area contributed by atoms with Gasteiger partial charge in [-0.25, -0.2) is 0 Å². The Kier molecular flexibility index (Phi) is 5.22. The predicted octanol–water partition coefficient (Wildman–Crippen LogP) is 3.02. The van der Waals surface area contributed by atoms with Crippen LogP contribution in [0, 0.1) is 0 Å². The van der Waals surface area contributed by atoms with Crippen LogP contribution in [0.2, 0.25) is 0 Å². The Hall–Kier alpha value is -2.56. The summed E-state index contributed by atoms with van der Waals surface area (Å²) in [4.78, 5) is 26.4. The molecule has 1 aromatic heterocycles. The van der Waals surface area contributed by atoms with Crippen LogP contribution in [0.5, 0.6) is 5.75 Å². The van der Waals surface area contributed by atoms with Crippen LogP contribution in [0.3, 0.4) is 0 Å². The van der Waals surface area contributed by atoms with E-state index in [2.05, 4.69) is 22.4 Å². The van der Waals surface area contributed by atoms with Crippen molar-refractivity contribution in [1.29, 1.82) is 0 Å². The highest BCUT2D eigenvalue weighted by Crippen LogP contribution is 2.39. The molecule has 1 fully saturated rings. The maximum absolute atomic E-state index is 12.4. The minimum atomic E-state index is -0.268. The van der Waals surface area contributed by atoms with E-state index in [1.54, 1.807) is 13.2 Å². The van der Waals surface area contributed by atoms with E-state index in [0.717, 1.165) is 31.4 Å². The molecule has 25 heavy (non-hydrogen) atoms. The summed E-state index contributed by atoms with van der Waals surface area (Å²) in [5.41, 5.74) is 1.31. The first kappa shape index (κ1) is 17.3. The summed E-state index contributed by atoms with van der Waals surface area (Å²) in [6.45, 7) is 0.574. The van der Waals surface area contributed by atoms with Crippen molar-refractivity contribution in [2.75, 3.05) is 13.7 Å². The Morgan fingerprint density at radius 3 is 2.52 bits per heavy atom. The molecular weight excluding hydrogens is 316 g/mol. The molecule has 1 aliphatic carbocycles. The normalized spacial score (nSPS) is 16.2. The molecule has 0 atom stereocenters. The fourth-order valence-corrected chi connectivity index (χ4v) is 3.68. The number of hydrogen-bond donors (Lipinski definition) is 2. The summed E-state index contributed by atoms with van der Waals surface area (Å²) in [6, 6.07) is 11.1. The van der Waals surface area contributed by atoms with Crippen LogP contribution in [0.4, 0.5) is 0 Å². The van der Waals surface area contributed by atoms with Crippen LogP contribution in [0.1, 0.15) is 48.0 Å². The molecule has 0 aliphatic heterocycles. The first-order valence-electron chi connectivity index (χ1n) is 8.74. The van der Waals surface area contributed by atoms with Crippen molar-refractivity contribution < 1.29 is 9.53 Å². The van der Waals surface area contributed by atoms with Gasteiger partial charge in [-0.1, -0.05) is 31.4 Å². The molecule has 1 saturated carbocycles. The highest BCUT2D eigenvalue weighted by atomic mass is 16.5. The lowest BCUT2D eigenvalue weighted by Crippen LogP contribution is -2.42. The van der Waals surface area contributed by atoms with Crippen LogP contribution in [-0.2, 0) is 5.41 Å². The van der Waals surface area contributed by atoms with Crippen molar-refractivity contribution in [3.63, 3.8) is 0 Å². The molecule has 5 heteroatoms. The molecular formula is C20H24N2O3. The molecule has 1 heterocycles. The average molecular weight is 340 g/mol. The van der Waals surface area contributed by atoms with Crippen molar-refractivity contribution in [3.8, 4) is 5.75 Å². The summed E-state index contributed by atoms with van der Waals surface area (Å²) in [7, 11) is 1.66. The Morgan fingerprint density at radius 2 is 1.88 bits per heavy atom. The Balaban J connectivity index is 1.78. The van der Waals surface area contributed by atoms with Crippen LogP contribution in [-0.4, -0.2) is 24.5 Å². The number of rotatable bonds is 5. The number of methoxy groups -OCH3 is 1. The van der Waals surface area contributed by atoms with Crippen molar-refractivity contribution in [3.05, 3.63) is 64.1 Å². The Morgan fingerprint density at radius 1 is 1.16 bits per heavy atom. The maximum atomic E-state index is 12.4. The zero-order valence-electron chi connectivity index (χ0n) is 14.5. The monoisotopic (exact) mass is 340 g/mol. The largest absolute Gasteiger partial charge is 0.497 e. The summed E-state index contributed by atoms with van der Waals surface area (Å²) >= 11 is 0. The minimum absolute atomic E-state index is 0.0542. The second-order valence-corrected chi connectivity index (χ2v) is 6.69. The molecule has 0 bridgehead atoms. The number of aromatic nitrogens is 1. The van der Waals surface area contributed by atoms with E-state index < -0.39 is 0 Å². The summed E-state index contributed by atoms with van der Waals surface area (Å²) in [5, 5.41) is 3.04. The lowest BCUT2D eigenvalue weighted by Gasteiger charge is -2.38. The average Bonchev–Trinajstić information content (AvgIpc) is 2.67. The van der Waals surface area contributed by atoms with E-state index in [-0.39, 0.29) is 16.9 Å². The second-order valence-electron chi connectivity index (χ2n) is 6.69. The van der Waals surface area contributed by atoms with Gasteiger partial charge in [0.1, 0.15) is 5.75 Å². The first-order valence-corrected chi connectivity index (χ1v) is 8.74. The van der Waals surface area contributed by atoms with Gasteiger partial charge in [-0.15, -0.1) is 0 Å². The topological polar surface area (TPSA) is 71.2 Å². The maximum Gasteiger partial charge on any atom is 0.251 e. The van der Waals surface area contributed by atoms with Crippen molar-refractivity contribution in [1.82, 2.24) is 10.3 Å². The van der Waals surface area contributed by atoms with Crippen LogP contribution in [0.25, 0.3) is 0 Å². The van der Waals surface area contributed by atoms with Crippen molar-refractivity contribution in [2.45, 2.75) is 37.5 Å². The Labute approximate surface area is 147 Å². The quantitative estimate of drug-likeness (QED) is 0.879. The van der Waals surface area contributed by atoms with E-state index in [1.165, 1.54) is 24.2 Å². The molecule has 2 N–H and O–H groups in total. The smallest absolute Gasteiger partial charge is 0.251 e. The van der Waals surface area contributed by atoms with Crippen molar-refractivity contribution in [2.24, 2.45) is 0 Å². The number of nitrogens with one attached hydrogen (secondary N) is 2. The predicted molar refractivity (Wildman–Crippen MR) is 97.2 cm³/mol. The standard InChI is InChI=1S/C20H24N2O3/c1-25-17-7-5-16(6-8-17)20(10-3-2-4-11-20)14-22-19(24)15-9-12-21-18(23)13-15/h5-9,12-13H,2-4,10-11,14H2,1H3,(H,21,23)(H,22,24). The highest BCUT2D eigenvalue weighted by molar-refractivity contribution is 5.94. The number of ether oxygens (including phenoxy) is 1. The third-order valence-electron chi connectivity index (χ3n) is 5.14. The van der Waals surface area contributed by atoms with Crippen LogP contribution in [0.15, 0.2) is 47.4 Å². The molecule has 5 nitrogen and oxygen atoms in total. The van der Waals surface area contributed by atoms with Gasteiger partial charge in [-0.2, -0.15) is 0 Å². The summed E-state index contributed by atoms with van der Waals surface area (Å²) in [5.74, 6) is 0.631. The second kappa shape index (κ2) is 7.55. The van der Waals surface area contributed by atoms with E-state index in [1.807, 2.05) is 12.1 Å². The van der Waals surface area contributed by atoms with E-state index >= 15 is 0 Å². The van der Waals surface area contributed by atoms with Gasteiger partial charge in [-0.3, -0.25) is 9.59 Å². The number of hydrogen-bond acceptors (Lipinski definition) is 3. The van der Waals surface area contributed by atoms with E-state index in [4.69, 9.17) is 4.74 Å². The van der Waals surface area contributed by atoms with Gasteiger partial charge >= 0.3 is 0 Å². The zero-order valence-corrected chi connectivity index (χ0v) is 14.5. The van der Waals surface area contributed by atoms with Crippen molar-refractivity contribution >= 4 is 5.91 Å². The zero-order chi connectivity index (χ0) is 17.7. The minimum Gasteiger partial charge on any atom is -0.497 e. The molecule has 1 amide bonds. The van der Waals surface area contributed by atoms with Crippen LogP contribution < -0.4 is 15.6 Å². The van der Waals surface area contributed by atoms with Gasteiger partial charge in [-0.05, 0) is 36.6 Å². The summed E-state index contributed by atoms with van der Waals surface area (Å²) in [6.07, 6.45) is 7.15. The molecule has 132 valence electrons. The molecule has 0 unspecified atom stereocenters.